The summed E-state index contributed by atoms with van der Waals surface area (Å²) in [6.07, 6.45) is 5.13. The van der Waals surface area contributed by atoms with Gasteiger partial charge in [-0.15, -0.1) is 0 Å². The van der Waals surface area contributed by atoms with Crippen LogP contribution in [0.5, 0.6) is 5.19 Å². The Morgan fingerprint density at radius 2 is 2.19 bits per heavy atom. The Balaban J connectivity index is 1.84. The van der Waals surface area contributed by atoms with Gasteiger partial charge in [0.25, 0.3) is 5.19 Å². The molecule has 3 nitrogen and oxygen atoms in total. The Hall–Kier alpha value is -0.130. The molecule has 90 valence electrons. The summed E-state index contributed by atoms with van der Waals surface area (Å²) in [4.78, 5) is 4.23. The number of aromatic nitrogens is 1. The number of thiazole rings is 1. The normalized spacial score (nSPS) is 25.6. The average Bonchev–Trinajstić information content (AvgIpc) is 2.73. The molecule has 1 aliphatic carbocycles. The zero-order chi connectivity index (χ0) is 11.4. The van der Waals surface area contributed by atoms with Crippen LogP contribution in [0.25, 0.3) is 0 Å². The summed E-state index contributed by atoms with van der Waals surface area (Å²) in [5, 5.41) is 2.70. The van der Waals surface area contributed by atoms with Crippen molar-refractivity contribution in [1.29, 1.82) is 0 Å². The van der Waals surface area contributed by atoms with E-state index in [9.17, 15) is 0 Å². The lowest BCUT2D eigenvalue weighted by molar-refractivity contribution is 0.153. The van der Waals surface area contributed by atoms with E-state index in [2.05, 4.69) is 20.9 Å². The van der Waals surface area contributed by atoms with Crippen molar-refractivity contribution >= 4 is 27.3 Å². The second-order valence-electron chi connectivity index (χ2n) is 4.29. The maximum absolute atomic E-state index is 5.79. The monoisotopic (exact) mass is 304 g/mol. The summed E-state index contributed by atoms with van der Waals surface area (Å²) < 4.78 is 6.57. The topological polar surface area (TPSA) is 48.1 Å². The van der Waals surface area contributed by atoms with Gasteiger partial charge in [-0.2, -0.15) is 4.98 Å². The van der Waals surface area contributed by atoms with Crippen molar-refractivity contribution in [2.24, 2.45) is 17.6 Å². The molecule has 0 radical (unpaired) electrons. The van der Waals surface area contributed by atoms with Gasteiger partial charge >= 0.3 is 0 Å². The summed E-state index contributed by atoms with van der Waals surface area (Å²) in [5.41, 5.74) is 5.79. The van der Waals surface area contributed by atoms with E-state index in [0.29, 0.717) is 11.8 Å². The van der Waals surface area contributed by atoms with Gasteiger partial charge in [-0.1, -0.05) is 24.2 Å². The molecule has 2 unspecified atom stereocenters. The van der Waals surface area contributed by atoms with Crippen molar-refractivity contribution in [2.45, 2.75) is 25.7 Å². The Labute approximate surface area is 109 Å². The second-order valence-corrected chi connectivity index (χ2v) is 5.92. The third-order valence-electron chi connectivity index (χ3n) is 3.25. The van der Waals surface area contributed by atoms with Gasteiger partial charge in [0.15, 0.2) is 0 Å². The van der Waals surface area contributed by atoms with E-state index >= 15 is 0 Å². The first-order valence-electron chi connectivity index (χ1n) is 5.73. The van der Waals surface area contributed by atoms with Crippen LogP contribution in [-0.2, 0) is 0 Å². The maximum atomic E-state index is 5.79. The second kappa shape index (κ2) is 5.98. The third kappa shape index (κ3) is 3.18. The van der Waals surface area contributed by atoms with Gasteiger partial charge in [0.2, 0.25) is 0 Å². The fraction of sp³-hybridized carbons (Fsp3) is 0.727. The van der Waals surface area contributed by atoms with Crippen LogP contribution in [0.2, 0.25) is 0 Å². The number of halogens is 1. The molecule has 0 amide bonds. The molecule has 1 aromatic heterocycles. The van der Waals surface area contributed by atoms with Crippen LogP contribution in [0.3, 0.4) is 0 Å². The first kappa shape index (κ1) is 12.3. The largest absolute Gasteiger partial charge is 0.470 e. The maximum Gasteiger partial charge on any atom is 0.274 e. The van der Waals surface area contributed by atoms with Crippen molar-refractivity contribution in [3.8, 4) is 5.19 Å². The summed E-state index contributed by atoms with van der Waals surface area (Å²) in [7, 11) is 0. The number of nitrogens with two attached hydrogens (primary N) is 1. The molecule has 1 heterocycles. The van der Waals surface area contributed by atoms with E-state index in [0.717, 1.165) is 22.9 Å². The summed E-state index contributed by atoms with van der Waals surface area (Å²) in [6.45, 7) is 1.55. The minimum absolute atomic E-state index is 0.612. The van der Waals surface area contributed by atoms with Crippen molar-refractivity contribution in [3.05, 3.63) is 9.98 Å². The van der Waals surface area contributed by atoms with E-state index in [1.165, 1.54) is 37.0 Å². The molecule has 1 fully saturated rings. The Morgan fingerprint density at radius 1 is 1.44 bits per heavy atom. The Kier molecular flexibility index (Phi) is 4.61. The molecular formula is C11H17BrN2OS. The number of hydrogen-bond acceptors (Lipinski definition) is 4. The third-order valence-corrected chi connectivity index (χ3v) is 4.71. The zero-order valence-electron chi connectivity index (χ0n) is 9.19. The van der Waals surface area contributed by atoms with Gasteiger partial charge in [0.05, 0.1) is 6.61 Å². The summed E-state index contributed by atoms with van der Waals surface area (Å²) in [6, 6.07) is 0. The average molecular weight is 305 g/mol. The molecule has 2 atom stereocenters. The molecule has 2 N–H and O–H groups in total. The van der Waals surface area contributed by atoms with Gasteiger partial charge in [-0.05, 0) is 47.2 Å². The highest BCUT2D eigenvalue weighted by Crippen LogP contribution is 2.30. The van der Waals surface area contributed by atoms with Gasteiger partial charge in [0.1, 0.15) is 4.60 Å². The molecule has 5 heteroatoms. The molecule has 0 bridgehead atoms. The Bertz CT molecular complexity index is 332. The van der Waals surface area contributed by atoms with E-state index in [-0.39, 0.29) is 0 Å². The van der Waals surface area contributed by atoms with E-state index < -0.39 is 0 Å². The van der Waals surface area contributed by atoms with Crippen molar-refractivity contribution in [1.82, 2.24) is 4.98 Å². The standard InChI is InChI=1S/C11H17BrN2OS/c12-10-7-16-11(14-10)15-6-9-4-2-1-3-8(9)5-13/h7-9H,1-6,13H2. The lowest BCUT2D eigenvalue weighted by Crippen LogP contribution is -2.30. The van der Waals surface area contributed by atoms with Crippen molar-refractivity contribution < 1.29 is 4.74 Å². The molecule has 1 aromatic rings. The highest BCUT2D eigenvalue weighted by Gasteiger charge is 2.24. The smallest absolute Gasteiger partial charge is 0.274 e. The molecule has 0 spiro atoms. The number of hydrogen-bond donors (Lipinski definition) is 1. The fourth-order valence-corrected chi connectivity index (χ4v) is 3.39. The molecule has 0 aromatic carbocycles. The molecule has 1 saturated carbocycles. The fourth-order valence-electron chi connectivity index (χ4n) is 2.30. The van der Waals surface area contributed by atoms with E-state index in [4.69, 9.17) is 10.5 Å². The molecule has 2 rings (SSSR count). The molecule has 16 heavy (non-hydrogen) atoms. The van der Waals surface area contributed by atoms with Gasteiger partial charge in [-0.25, -0.2) is 0 Å². The molecule has 0 saturated heterocycles. The van der Waals surface area contributed by atoms with Gasteiger partial charge in [0, 0.05) is 5.38 Å². The minimum atomic E-state index is 0.612. The van der Waals surface area contributed by atoms with Gasteiger partial charge < -0.3 is 10.5 Å². The van der Waals surface area contributed by atoms with Crippen LogP contribution in [0.15, 0.2) is 9.98 Å². The highest BCUT2D eigenvalue weighted by atomic mass is 79.9. The lowest BCUT2D eigenvalue weighted by atomic mass is 9.80. The summed E-state index contributed by atoms with van der Waals surface area (Å²) >= 11 is 4.86. The van der Waals surface area contributed by atoms with E-state index in [1.807, 2.05) is 5.38 Å². The van der Waals surface area contributed by atoms with Crippen LogP contribution in [0, 0.1) is 11.8 Å². The molecule has 0 aliphatic heterocycles. The molecular weight excluding hydrogens is 288 g/mol. The van der Waals surface area contributed by atoms with Crippen LogP contribution in [0.4, 0.5) is 0 Å². The van der Waals surface area contributed by atoms with Crippen LogP contribution in [0.1, 0.15) is 25.7 Å². The summed E-state index contributed by atoms with van der Waals surface area (Å²) in [5.74, 6) is 1.25. The minimum Gasteiger partial charge on any atom is -0.470 e. The first-order chi connectivity index (χ1) is 7.79. The Morgan fingerprint density at radius 3 is 2.81 bits per heavy atom. The predicted molar refractivity (Wildman–Crippen MR) is 69.8 cm³/mol. The van der Waals surface area contributed by atoms with E-state index in [1.54, 1.807) is 0 Å². The number of ether oxygens (including phenoxy) is 1. The van der Waals surface area contributed by atoms with Crippen LogP contribution in [-0.4, -0.2) is 18.1 Å². The van der Waals surface area contributed by atoms with Crippen LogP contribution < -0.4 is 10.5 Å². The zero-order valence-corrected chi connectivity index (χ0v) is 11.6. The van der Waals surface area contributed by atoms with Gasteiger partial charge in [-0.3, -0.25) is 0 Å². The lowest BCUT2D eigenvalue weighted by Gasteiger charge is -2.29. The SMILES string of the molecule is NCC1CCCCC1COc1nc(Br)cs1. The molecule has 1 aliphatic rings. The number of rotatable bonds is 4. The van der Waals surface area contributed by atoms with Crippen molar-refractivity contribution in [2.75, 3.05) is 13.2 Å². The van der Waals surface area contributed by atoms with Crippen molar-refractivity contribution in [3.63, 3.8) is 0 Å². The van der Waals surface area contributed by atoms with Crippen LogP contribution >= 0.6 is 27.3 Å². The predicted octanol–water partition coefficient (Wildman–Crippen LogP) is 3.05. The highest BCUT2D eigenvalue weighted by molar-refractivity contribution is 9.10. The first-order valence-corrected chi connectivity index (χ1v) is 7.40. The number of nitrogens with zero attached hydrogens (tertiary/aromatic N) is 1. The quantitative estimate of drug-likeness (QED) is 0.930.